The highest BCUT2D eigenvalue weighted by Gasteiger charge is 2.26. The number of carbonyl (C=O) groups excluding carboxylic acids is 4. The van der Waals surface area contributed by atoms with Gasteiger partial charge in [0.1, 0.15) is 18.1 Å². The van der Waals surface area contributed by atoms with Crippen molar-refractivity contribution in [2.75, 3.05) is 0 Å². The fourth-order valence-electron chi connectivity index (χ4n) is 5.09. The molecule has 4 amide bonds. The van der Waals surface area contributed by atoms with E-state index in [1.165, 1.54) is 25.7 Å². The number of carboxylic acid groups (broad SMARTS) is 4. The lowest BCUT2D eigenvalue weighted by Crippen LogP contribution is -2.45. The van der Waals surface area contributed by atoms with E-state index in [0.717, 1.165) is 57.8 Å². The molecule has 0 aromatic rings. The Balaban J connectivity index is 4.21. The second-order valence-corrected chi connectivity index (χ2v) is 12.3. The second kappa shape index (κ2) is 27.7. The van der Waals surface area contributed by atoms with Gasteiger partial charge in [0.05, 0.1) is 0 Å². The van der Waals surface area contributed by atoms with Crippen LogP contribution in [-0.2, 0) is 38.4 Å². The van der Waals surface area contributed by atoms with Gasteiger partial charge in [0.25, 0.3) is 0 Å². The maximum absolute atomic E-state index is 12.4. The van der Waals surface area contributed by atoms with Gasteiger partial charge >= 0.3 is 23.9 Å². The van der Waals surface area contributed by atoms with Crippen LogP contribution in [0.3, 0.4) is 0 Å². The summed E-state index contributed by atoms with van der Waals surface area (Å²) in [4.78, 5) is 92.6. The van der Waals surface area contributed by atoms with E-state index in [1.807, 2.05) is 0 Å². The molecule has 9 N–H and O–H groups in total. The predicted molar refractivity (Wildman–Crippen MR) is 177 cm³/mol. The zero-order valence-corrected chi connectivity index (χ0v) is 28.4. The van der Waals surface area contributed by atoms with Gasteiger partial charge in [-0.2, -0.15) is 0 Å². The summed E-state index contributed by atoms with van der Waals surface area (Å²) in [5.74, 6) is -7.76. The molecule has 0 radical (unpaired) electrons. The largest absolute Gasteiger partial charge is 0.481 e. The molecule has 0 bridgehead atoms. The molecule has 0 aliphatic rings. The number of unbranched alkanes of at least 4 members (excludes halogenated alkanes) is 13. The van der Waals surface area contributed by atoms with E-state index in [1.54, 1.807) is 0 Å². The lowest BCUT2D eigenvalue weighted by molar-refractivity contribution is -0.144. The monoisotopic (exact) mass is 700 g/mol. The Kier molecular flexibility index (Phi) is 25.3. The first-order valence-corrected chi connectivity index (χ1v) is 17.3. The minimum absolute atomic E-state index is 0.140. The minimum Gasteiger partial charge on any atom is -0.481 e. The summed E-state index contributed by atoms with van der Waals surface area (Å²) in [6.45, 7) is 0. The molecule has 0 aliphatic heterocycles. The molecule has 16 heteroatoms. The molecular weight excluding hydrogens is 644 g/mol. The maximum atomic E-state index is 12.4. The smallest absolute Gasteiger partial charge is 0.326 e. The average Bonchev–Trinajstić information content (AvgIpc) is 3.02. The summed E-state index contributed by atoms with van der Waals surface area (Å²) in [5.41, 5.74) is 4.99. The third-order valence-electron chi connectivity index (χ3n) is 7.94. The quantitative estimate of drug-likeness (QED) is 0.0470. The maximum Gasteiger partial charge on any atom is 0.326 e. The lowest BCUT2D eigenvalue weighted by Gasteiger charge is -2.18. The zero-order chi connectivity index (χ0) is 37.0. The number of carbonyl (C=O) groups is 8. The number of carboxylic acids is 4. The van der Waals surface area contributed by atoms with Crippen LogP contribution in [0.15, 0.2) is 0 Å². The number of primary amides is 1. The van der Waals surface area contributed by atoms with Crippen LogP contribution in [0.5, 0.6) is 0 Å². The molecule has 0 rings (SSSR count). The van der Waals surface area contributed by atoms with E-state index >= 15 is 0 Å². The third kappa shape index (κ3) is 26.4. The molecule has 0 aliphatic carbocycles. The lowest BCUT2D eigenvalue weighted by atomic mass is 10.0. The molecule has 0 aromatic carbocycles. The van der Waals surface area contributed by atoms with Crippen molar-refractivity contribution in [2.45, 2.75) is 159 Å². The Morgan fingerprint density at radius 1 is 0.388 bits per heavy atom. The molecule has 0 fully saturated rings. The zero-order valence-electron chi connectivity index (χ0n) is 28.4. The summed E-state index contributed by atoms with van der Waals surface area (Å²) in [6, 6.07) is -4.26. The van der Waals surface area contributed by atoms with Crippen LogP contribution >= 0.6 is 0 Å². The van der Waals surface area contributed by atoms with Crippen LogP contribution < -0.4 is 21.7 Å². The second-order valence-electron chi connectivity index (χ2n) is 12.3. The van der Waals surface area contributed by atoms with Crippen molar-refractivity contribution >= 4 is 47.5 Å². The van der Waals surface area contributed by atoms with Crippen molar-refractivity contribution in [3.63, 3.8) is 0 Å². The normalized spacial score (nSPS) is 12.7. The van der Waals surface area contributed by atoms with E-state index < -0.39 is 78.5 Å². The fraction of sp³-hybridized carbons (Fsp3) is 0.758. The van der Waals surface area contributed by atoms with Crippen LogP contribution in [0.25, 0.3) is 0 Å². The van der Waals surface area contributed by atoms with Crippen LogP contribution in [0, 0.1) is 0 Å². The third-order valence-corrected chi connectivity index (χ3v) is 7.94. The molecule has 0 aromatic heterocycles. The van der Waals surface area contributed by atoms with Crippen molar-refractivity contribution in [2.24, 2.45) is 5.73 Å². The van der Waals surface area contributed by atoms with Crippen molar-refractivity contribution < 1.29 is 58.8 Å². The van der Waals surface area contributed by atoms with Gasteiger partial charge in [-0.3, -0.25) is 24.0 Å². The Bertz CT molecular complexity index is 1070. The van der Waals surface area contributed by atoms with E-state index in [4.69, 9.17) is 15.9 Å². The molecule has 0 heterocycles. The van der Waals surface area contributed by atoms with Crippen molar-refractivity contribution in [1.29, 1.82) is 0 Å². The molecule has 3 atom stereocenters. The SMILES string of the molecule is NC(=O)CC[C@H](NC(=O)CCC(NC(=O)CC[C@H](NC(=O)CCCCCCCCCCCCCCCCC(=O)O)C(=O)O)C(=O)O)C(=O)O. The molecule has 0 saturated carbocycles. The van der Waals surface area contributed by atoms with Gasteiger partial charge in [0.2, 0.25) is 23.6 Å². The first kappa shape index (κ1) is 44.8. The summed E-state index contributed by atoms with van der Waals surface area (Å²) < 4.78 is 0. The Morgan fingerprint density at radius 3 is 0.939 bits per heavy atom. The van der Waals surface area contributed by atoms with E-state index in [2.05, 4.69) is 16.0 Å². The van der Waals surface area contributed by atoms with Crippen molar-refractivity contribution in [3.05, 3.63) is 0 Å². The Morgan fingerprint density at radius 2 is 0.653 bits per heavy atom. The number of hydrogen-bond donors (Lipinski definition) is 8. The highest BCUT2D eigenvalue weighted by atomic mass is 16.4. The van der Waals surface area contributed by atoms with E-state index in [-0.39, 0.29) is 38.5 Å². The molecule has 49 heavy (non-hydrogen) atoms. The first-order chi connectivity index (χ1) is 23.2. The summed E-state index contributed by atoms with van der Waals surface area (Å²) in [6.07, 6.45) is 12.8. The molecule has 280 valence electrons. The highest BCUT2D eigenvalue weighted by molar-refractivity contribution is 5.87. The van der Waals surface area contributed by atoms with Crippen LogP contribution in [0.4, 0.5) is 0 Å². The number of nitrogens with one attached hydrogen (secondary N) is 3. The van der Waals surface area contributed by atoms with Gasteiger partial charge in [-0.15, -0.1) is 0 Å². The minimum atomic E-state index is -1.51. The van der Waals surface area contributed by atoms with Gasteiger partial charge in [-0.25, -0.2) is 14.4 Å². The standard InChI is InChI=1S/C33H56N4O12/c34-26(38)20-17-23(31(44)45)36-28(40)22-19-25(33(48)49)37-29(41)21-18-24(32(46)47)35-27(39)15-13-11-9-7-5-3-1-2-4-6-8-10-12-14-16-30(42)43/h23-25H,1-22H2,(H2,34,38)(H,35,39)(H,36,40)(H,37,41)(H,42,43)(H,44,45)(H,46,47)(H,48,49)/t23-,24-,25?/m0/s1. The molecule has 0 spiro atoms. The average molecular weight is 701 g/mol. The molecule has 1 unspecified atom stereocenters. The van der Waals surface area contributed by atoms with Gasteiger partial charge in [-0.1, -0.05) is 77.0 Å². The van der Waals surface area contributed by atoms with Crippen LogP contribution in [0.1, 0.15) is 141 Å². The van der Waals surface area contributed by atoms with Crippen LogP contribution in [0.2, 0.25) is 0 Å². The van der Waals surface area contributed by atoms with E-state index in [0.29, 0.717) is 6.42 Å². The number of hydrogen-bond acceptors (Lipinski definition) is 8. The Hall–Kier alpha value is -4.24. The fourth-order valence-corrected chi connectivity index (χ4v) is 5.09. The van der Waals surface area contributed by atoms with E-state index in [9.17, 15) is 48.6 Å². The van der Waals surface area contributed by atoms with Crippen molar-refractivity contribution in [3.8, 4) is 0 Å². The topological polar surface area (TPSA) is 280 Å². The van der Waals surface area contributed by atoms with Gasteiger partial charge in [0, 0.05) is 32.1 Å². The highest BCUT2D eigenvalue weighted by Crippen LogP contribution is 2.14. The Labute approximate surface area is 287 Å². The number of aliphatic carboxylic acids is 4. The van der Waals surface area contributed by atoms with Gasteiger partial charge in [-0.05, 0) is 32.1 Å². The molecular formula is C33H56N4O12. The van der Waals surface area contributed by atoms with Gasteiger partial charge in [0.15, 0.2) is 0 Å². The van der Waals surface area contributed by atoms with Crippen LogP contribution in [-0.4, -0.2) is 86.1 Å². The first-order valence-electron chi connectivity index (χ1n) is 17.3. The number of amides is 4. The van der Waals surface area contributed by atoms with Crippen molar-refractivity contribution in [1.82, 2.24) is 16.0 Å². The summed E-state index contributed by atoms with van der Waals surface area (Å²) in [5, 5.41) is 43.5. The molecule has 16 nitrogen and oxygen atoms in total. The number of nitrogens with two attached hydrogens (primary N) is 1. The van der Waals surface area contributed by atoms with Gasteiger partial charge < -0.3 is 42.1 Å². The predicted octanol–water partition coefficient (Wildman–Crippen LogP) is 2.85. The number of rotatable bonds is 32. The summed E-state index contributed by atoms with van der Waals surface area (Å²) >= 11 is 0. The summed E-state index contributed by atoms with van der Waals surface area (Å²) in [7, 11) is 0. The molecule has 0 saturated heterocycles.